The molecule has 7 nitrogen and oxygen atoms in total. The molecule has 4 N–H and O–H groups in total. The molecule has 1 heterocycles. The van der Waals surface area contributed by atoms with Gasteiger partial charge in [0.25, 0.3) is 0 Å². The topological polar surface area (TPSA) is 104 Å². The molecular weight excluding hydrogens is 279 g/mol. The van der Waals surface area contributed by atoms with E-state index in [1.807, 2.05) is 14.1 Å². The maximum atomic E-state index is 10.6. The summed E-state index contributed by atoms with van der Waals surface area (Å²) in [5.74, 6) is -1.68. The predicted molar refractivity (Wildman–Crippen MR) is 67.2 cm³/mol. The SMILES string of the molecule is CN(C)CCNc1ccnc(N)n1.O=C(O)C(F)(F)F. The van der Waals surface area contributed by atoms with Crippen molar-refractivity contribution in [3.05, 3.63) is 12.3 Å². The van der Waals surface area contributed by atoms with Crippen LogP contribution in [0.4, 0.5) is 24.9 Å². The van der Waals surface area contributed by atoms with E-state index in [0.29, 0.717) is 5.95 Å². The van der Waals surface area contributed by atoms with Crippen LogP contribution in [-0.4, -0.2) is 59.3 Å². The van der Waals surface area contributed by atoms with Crippen molar-refractivity contribution in [2.24, 2.45) is 0 Å². The molecule has 1 aromatic heterocycles. The van der Waals surface area contributed by atoms with Crippen LogP contribution in [0.5, 0.6) is 0 Å². The number of nitrogen functional groups attached to an aromatic ring is 1. The van der Waals surface area contributed by atoms with Crippen LogP contribution < -0.4 is 11.1 Å². The van der Waals surface area contributed by atoms with Gasteiger partial charge in [-0.2, -0.15) is 18.2 Å². The van der Waals surface area contributed by atoms with Crippen LogP contribution in [0.25, 0.3) is 0 Å². The molecule has 0 amide bonds. The van der Waals surface area contributed by atoms with Crippen LogP contribution in [0.2, 0.25) is 0 Å². The average Bonchev–Trinajstić information content (AvgIpc) is 2.28. The molecule has 0 fully saturated rings. The van der Waals surface area contributed by atoms with Gasteiger partial charge < -0.3 is 21.1 Å². The van der Waals surface area contributed by atoms with Gasteiger partial charge in [-0.25, -0.2) is 9.78 Å². The number of nitrogens with zero attached hydrogens (tertiary/aromatic N) is 3. The Balaban J connectivity index is 0.000000441. The number of hydrogen-bond donors (Lipinski definition) is 3. The lowest BCUT2D eigenvalue weighted by Gasteiger charge is -2.10. The summed E-state index contributed by atoms with van der Waals surface area (Å²) in [5, 5.41) is 10.3. The fraction of sp³-hybridized carbons (Fsp3) is 0.500. The van der Waals surface area contributed by atoms with Crippen molar-refractivity contribution in [1.82, 2.24) is 14.9 Å². The maximum absolute atomic E-state index is 10.6. The number of alkyl halides is 3. The summed E-state index contributed by atoms with van der Waals surface area (Å²) in [5.41, 5.74) is 5.42. The first-order chi connectivity index (χ1) is 9.12. The number of anilines is 2. The average molecular weight is 295 g/mol. The van der Waals surface area contributed by atoms with Crippen LogP contribution in [0.1, 0.15) is 0 Å². The van der Waals surface area contributed by atoms with Crippen LogP contribution >= 0.6 is 0 Å². The molecule has 1 rings (SSSR count). The van der Waals surface area contributed by atoms with Crippen LogP contribution in [-0.2, 0) is 4.79 Å². The van der Waals surface area contributed by atoms with Gasteiger partial charge in [-0.3, -0.25) is 0 Å². The van der Waals surface area contributed by atoms with Gasteiger partial charge in [0.2, 0.25) is 5.95 Å². The molecule has 0 saturated carbocycles. The first kappa shape index (κ1) is 17.9. The third-order valence-corrected chi connectivity index (χ3v) is 1.78. The van der Waals surface area contributed by atoms with Crippen molar-refractivity contribution in [3.8, 4) is 0 Å². The van der Waals surface area contributed by atoms with Gasteiger partial charge in [-0.1, -0.05) is 0 Å². The fourth-order valence-corrected chi connectivity index (χ4v) is 0.880. The maximum Gasteiger partial charge on any atom is 0.490 e. The Bertz CT molecular complexity index is 426. The Kier molecular flexibility index (Phi) is 7.29. The van der Waals surface area contributed by atoms with Crippen LogP contribution in [0, 0.1) is 0 Å². The zero-order valence-electron chi connectivity index (χ0n) is 11.0. The van der Waals surface area contributed by atoms with E-state index < -0.39 is 12.1 Å². The van der Waals surface area contributed by atoms with Gasteiger partial charge in [0.05, 0.1) is 0 Å². The number of carbonyl (C=O) groups is 1. The standard InChI is InChI=1S/C8H15N5.C2HF3O2/c1-13(2)6-5-10-7-3-4-11-8(9)12-7;3-2(4,5)1(6)7/h3-4H,5-6H2,1-2H3,(H3,9,10,11,12);(H,6,7). The van der Waals surface area contributed by atoms with Crippen molar-refractivity contribution in [2.75, 3.05) is 38.2 Å². The Morgan fingerprint density at radius 3 is 2.45 bits per heavy atom. The monoisotopic (exact) mass is 295 g/mol. The van der Waals surface area contributed by atoms with Gasteiger partial charge >= 0.3 is 12.1 Å². The number of aromatic nitrogens is 2. The molecule has 0 unspecified atom stereocenters. The minimum absolute atomic E-state index is 0.301. The summed E-state index contributed by atoms with van der Waals surface area (Å²) in [6.45, 7) is 1.81. The Morgan fingerprint density at radius 1 is 1.50 bits per heavy atom. The summed E-state index contributed by atoms with van der Waals surface area (Å²) >= 11 is 0. The van der Waals surface area contributed by atoms with Gasteiger partial charge in [-0.15, -0.1) is 0 Å². The molecule has 10 heteroatoms. The fourth-order valence-electron chi connectivity index (χ4n) is 0.880. The van der Waals surface area contributed by atoms with Gasteiger partial charge in [0, 0.05) is 19.3 Å². The number of hydrogen-bond acceptors (Lipinski definition) is 6. The molecule has 1 aromatic rings. The van der Waals surface area contributed by atoms with E-state index in [-0.39, 0.29) is 0 Å². The minimum atomic E-state index is -5.08. The molecule has 0 aliphatic carbocycles. The highest BCUT2D eigenvalue weighted by Gasteiger charge is 2.38. The predicted octanol–water partition coefficient (Wildman–Crippen LogP) is 0.666. The second-order valence-electron chi connectivity index (χ2n) is 3.83. The highest BCUT2D eigenvalue weighted by atomic mass is 19.4. The minimum Gasteiger partial charge on any atom is -0.475 e. The lowest BCUT2D eigenvalue weighted by atomic mass is 10.5. The molecule has 0 aliphatic rings. The lowest BCUT2D eigenvalue weighted by Crippen LogP contribution is -2.21. The summed E-state index contributed by atoms with van der Waals surface area (Å²) in [4.78, 5) is 18.8. The van der Waals surface area contributed by atoms with E-state index in [1.54, 1.807) is 12.3 Å². The van der Waals surface area contributed by atoms with E-state index in [2.05, 4.69) is 20.2 Å². The Labute approximate surface area is 113 Å². The zero-order chi connectivity index (χ0) is 15.8. The van der Waals surface area contributed by atoms with Gasteiger partial charge in [0.1, 0.15) is 5.82 Å². The first-order valence-electron chi connectivity index (χ1n) is 5.40. The quantitative estimate of drug-likeness (QED) is 0.749. The smallest absolute Gasteiger partial charge is 0.475 e. The third kappa shape index (κ3) is 8.91. The highest BCUT2D eigenvalue weighted by molar-refractivity contribution is 5.73. The molecule has 0 spiro atoms. The Morgan fingerprint density at radius 2 is 2.05 bits per heavy atom. The summed E-state index contributed by atoms with van der Waals surface area (Å²) in [6, 6.07) is 1.80. The summed E-state index contributed by atoms with van der Waals surface area (Å²) < 4.78 is 31.7. The number of carboxylic acids is 1. The van der Waals surface area contributed by atoms with Gasteiger partial charge in [-0.05, 0) is 20.2 Å². The molecule has 0 aliphatic heterocycles. The van der Waals surface area contributed by atoms with E-state index in [0.717, 1.165) is 18.9 Å². The molecule has 114 valence electrons. The zero-order valence-corrected chi connectivity index (χ0v) is 11.0. The molecule has 20 heavy (non-hydrogen) atoms. The number of nitrogens with one attached hydrogen (secondary N) is 1. The van der Waals surface area contributed by atoms with Gasteiger partial charge in [0.15, 0.2) is 0 Å². The lowest BCUT2D eigenvalue weighted by molar-refractivity contribution is -0.192. The number of halogens is 3. The van der Waals surface area contributed by atoms with E-state index in [1.165, 1.54) is 0 Å². The number of likely N-dealkylation sites (N-methyl/N-ethyl adjacent to an activating group) is 1. The van der Waals surface area contributed by atoms with Crippen molar-refractivity contribution in [2.45, 2.75) is 6.18 Å². The van der Waals surface area contributed by atoms with Crippen molar-refractivity contribution < 1.29 is 23.1 Å². The molecule has 0 bridgehead atoms. The second kappa shape index (κ2) is 8.15. The van der Waals surface area contributed by atoms with Crippen molar-refractivity contribution in [3.63, 3.8) is 0 Å². The van der Waals surface area contributed by atoms with Crippen LogP contribution in [0.15, 0.2) is 12.3 Å². The molecule has 0 atom stereocenters. The summed E-state index contributed by atoms with van der Waals surface area (Å²) in [6.07, 6.45) is -3.44. The highest BCUT2D eigenvalue weighted by Crippen LogP contribution is 2.13. The number of nitrogens with two attached hydrogens (primary N) is 1. The van der Waals surface area contributed by atoms with E-state index in [9.17, 15) is 13.2 Å². The molecule has 0 saturated heterocycles. The molecule has 0 radical (unpaired) electrons. The number of rotatable bonds is 4. The second-order valence-corrected chi connectivity index (χ2v) is 3.83. The molecular formula is C10H16F3N5O2. The van der Waals surface area contributed by atoms with Crippen molar-refractivity contribution in [1.29, 1.82) is 0 Å². The molecule has 0 aromatic carbocycles. The largest absolute Gasteiger partial charge is 0.490 e. The third-order valence-electron chi connectivity index (χ3n) is 1.78. The normalized spacial score (nSPS) is 10.7. The summed E-state index contributed by atoms with van der Waals surface area (Å²) in [7, 11) is 4.05. The Hall–Kier alpha value is -2.10. The number of carboxylic acid groups (broad SMARTS) is 1. The van der Waals surface area contributed by atoms with Crippen LogP contribution in [0.3, 0.4) is 0 Å². The first-order valence-corrected chi connectivity index (χ1v) is 5.40. The van der Waals surface area contributed by atoms with Crippen molar-refractivity contribution >= 4 is 17.7 Å². The van der Waals surface area contributed by atoms with E-state index in [4.69, 9.17) is 15.6 Å². The van der Waals surface area contributed by atoms with E-state index >= 15 is 0 Å². The number of aliphatic carboxylic acids is 1.